The van der Waals surface area contributed by atoms with Crippen LogP contribution >= 0.6 is 0 Å². The van der Waals surface area contributed by atoms with E-state index >= 15 is 0 Å². The highest BCUT2D eigenvalue weighted by Gasteiger charge is 2.26. The second-order valence-electron chi connectivity index (χ2n) is 6.15. The average molecular weight is 304 g/mol. The van der Waals surface area contributed by atoms with E-state index in [9.17, 15) is 18.3 Å². The smallest absolute Gasteiger partial charge is 0.308 e. The molecule has 0 radical (unpaired) electrons. The van der Waals surface area contributed by atoms with Crippen molar-refractivity contribution in [1.82, 2.24) is 20.2 Å². The topological polar surface area (TPSA) is 115 Å². The maximum atomic E-state index is 11.3. The monoisotopic (exact) mass is 304 g/mol. The largest absolute Gasteiger partial charge is 0.481 e. The van der Waals surface area contributed by atoms with Crippen molar-refractivity contribution in [3.8, 4) is 0 Å². The van der Waals surface area contributed by atoms with Gasteiger partial charge in [0, 0.05) is 6.26 Å². The van der Waals surface area contributed by atoms with Crippen LogP contribution in [0.4, 0.5) is 0 Å². The summed E-state index contributed by atoms with van der Waals surface area (Å²) in [6, 6.07) is 0. The fraction of sp³-hybridized carbons (Fsp3) is 0.818. The van der Waals surface area contributed by atoms with Crippen molar-refractivity contribution in [3.63, 3.8) is 0 Å². The van der Waals surface area contributed by atoms with Gasteiger partial charge in [0.1, 0.15) is 5.75 Å². The zero-order valence-electron chi connectivity index (χ0n) is 12.1. The van der Waals surface area contributed by atoms with Crippen LogP contribution in [0.15, 0.2) is 0 Å². The lowest BCUT2D eigenvalue weighted by atomic mass is 9.84. The molecular weight excluding hydrogens is 284 g/mol. The van der Waals surface area contributed by atoms with Crippen LogP contribution in [0, 0.1) is 11.3 Å². The van der Waals surface area contributed by atoms with Gasteiger partial charge in [0.05, 0.1) is 12.5 Å². The van der Waals surface area contributed by atoms with Crippen LogP contribution < -0.4 is 0 Å². The Bertz CT molecular complexity index is 573. The number of hydrogen-bond acceptors (Lipinski definition) is 6. The van der Waals surface area contributed by atoms with E-state index < -0.39 is 21.7 Å². The average Bonchev–Trinajstić information content (AvgIpc) is 2.59. The van der Waals surface area contributed by atoms with E-state index in [0.29, 0.717) is 6.42 Å². The van der Waals surface area contributed by atoms with Crippen LogP contribution in [0.2, 0.25) is 0 Å². The van der Waals surface area contributed by atoms with Crippen LogP contribution in [-0.2, 0) is 26.9 Å². The maximum absolute atomic E-state index is 11.3. The summed E-state index contributed by atoms with van der Waals surface area (Å²) < 4.78 is 23.8. The Balaban J connectivity index is 2.90. The minimum absolute atomic E-state index is 0.0600. The van der Waals surface area contributed by atoms with Gasteiger partial charge < -0.3 is 5.11 Å². The Morgan fingerprint density at radius 3 is 2.45 bits per heavy atom. The van der Waals surface area contributed by atoms with Gasteiger partial charge >= 0.3 is 5.97 Å². The van der Waals surface area contributed by atoms with Gasteiger partial charge in [-0.05, 0) is 22.3 Å². The van der Waals surface area contributed by atoms with Gasteiger partial charge in [-0.2, -0.15) is 0 Å². The van der Waals surface area contributed by atoms with Crippen molar-refractivity contribution in [3.05, 3.63) is 5.82 Å². The summed E-state index contributed by atoms with van der Waals surface area (Å²) in [6.45, 7) is 5.89. The van der Waals surface area contributed by atoms with E-state index in [4.69, 9.17) is 0 Å². The summed E-state index contributed by atoms with van der Waals surface area (Å²) in [5, 5.41) is 20.0. The number of sulfone groups is 1. The lowest BCUT2D eigenvalue weighted by Gasteiger charge is -2.23. The third kappa shape index (κ3) is 5.64. The van der Waals surface area contributed by atoms with Crippen molar-refractivity contribution in [2.45, 2.75) is 39.5 Å². The summed E-state index contributed by atoms with van der Waals surface area (Å²) in [5.74, 6) is -1.76. The first-order valence-electron chi connectivity index (χ1n) is 6.13. The van der Waals surface area contributed by atoms with E-state index in [1.54, 1.807) is 0 Å². The van der Waals surface area contributed by atoms with Crippen molar-refractivity contribution in [2.24, 2.45) is 11.3 Å². The molecule has 0 spiro atoms. The Morgan fingerprint density at radius 2 is 2.00 bits per heavy atom. The number of carbonyl (C=O) groups is 1. The van der Waals surface area contributed by atoms with Gasteiger partial charge in [-0.25, -0.2) is 13.1 Å². The number of carboxylic acid groups (broad SMARTS) is 1. The predicted octanol–water partition coefficient (Wildman–Crippen LogP) is 0.355. The van der Waals surface area contributed by atoms with Crippen molar-refractivity contribution < 1.29 is 18.3 Å². The van der Waals surface area contributed by atoms with Crippen LogP contribution in [-0.4, -0.2) is 46.0 Å². The number of rotatable bonds is 6. The first-order valence-corrected chi connectivity index (χ1v) is 8.19. The molecule has 0 aromatic carbocycles. The van der Waals surface area contributed by atoms with Gasteiger partial charge in [-0.1, -0.05) is 20.8 Å². The second-order valence-corrected chi connectivity index (χ2v) is 8.29. The molecule has 114 valence electrons. The highest BCUT2D eigenvalue weighted by atomic mass is 32.2. The van der Waals surface area contributed by atoms with Crippen LogP contribution in [0.1, 0.15) is 33.0 Å². The number of carboxylic acids is 1. The zero-order chi connectivity index (χ0) is 15.6. The molecule has 1 N–H and O–H groups in total. The van der Waals surface area contributed by atoms with E-state index in [1.165, 1.54) is 4.68 Å². The maximum Gasteiger partial charge on any atom is 0.308 e. The van der Waals surface area contributed by atoms with Crippen LogP contribution in [0.5, 0.6) is 0 Å². The predicted molar refractivity (Wildman–Crippen MR) is 71.6 cm³/mol. The zero-order valence-corrected chi connectivity index (χ0v) is 12.9. The van der Waals surface area contributed by atoms with Gasteiger partial charge in [0.2, 0.25) is 0 Å². The third-order valence-electron chi connectivity index (χ3n) is 2.60. The second kappa shape index (κ2) is 5.86. The molecule has 0 aliphatic heterocycles. The molecule has 0 bridgehead atoms. The van der Waals surface area contributed by atoms with Crippen molar-refractivity contribution >= 4 is 15.8 Å². The lowest BCUT2D eigenvalue weighted by molar-refractivity contribution is -0.143. The van der Waals surface area contributed by atoms with E-state index in [0.717, 1.165) is 6.26 Å². The minimum atomic E-state index is -3.27. The normalized spacial score (nSPS) is 14.2. The molecule has 8 nitrogen and oxygen atoms in total. The first kappa shape index (κ1) is 16.5. The molecule has 0 amide bonds. The molecule has 9 heteroatoms. The fourth-order valence-corrected chi connectivity index (χ4v) is 2.56. The SMILES string of the molecule is CC(C)(C)CC(Cn1nnnc1CS(C)(=O)=O)C(=O)O. The van der Waals surface area contributed by atoms with Crippen LogP contribution in [0.3, 0.4) is 0 Å². The highest BCUT2D eigenvalue weighted by Crippen LogP contribution is 2.25. The van der Waals surface area contributed by atoms with Gasteiger partial charge in [-0.15, -0.1) is 5.10 Å². The molecule has 0 aliphatic carbocycles. The molecule has 0 aliphatic rings. The van der Waals surface area contributed by atoms with Gasteiger partial charge in [0.25, 0.3) is 0 Å². The van der Waals surface area contributed by atoms with Crippen molar-refractivity contribution in [2.75, 3.05) is 6.26 Å². The molecule has 1 unspecified atom stereocenters. The molecule has 1 heterocycles. The molecule has 1 atom stereocenters. The molecule has 1 rings (SSSR count). The lowest BCUT2D eigenvalue weighted by Crippen LogP contribution is -2.27. The molecule has 20 heavy (non-hydrogen) atoms. The van der Waals surface area contributed by atoms with Crippen LogP contribution in [0.25, 0.3) is 0 Å². The molecule has 1 aromatic heterocycles. The number of hydrogen-bond donors (Lipinski definition) is 1. The molecule has 0 saturated heterocycles. The summed E-state index contributed by atoms with van der Waals surface area (Å²) in [7, 11) is -3.27. The molecule has 1 aromatic rings. The molecule has 0 fully saturated rings. The van der Waals surface area contributed by atoms with E-state index in [1.807, 2.05) is 20.8 Å². The number of tetrazole rings is 1. The van der Waals surface area contributed by atoms with E-state index in [2.05, 4.69) is 15.5 Å². The Labute approximate surface area is 118 Å². The van der Waals surface area contributed by atoms with E-state index in [-0.39, 0.29) is 23.5 Å². The summed E-state index contributed by atoms with van der Waals surface area (Å²) >= 11 is 0. The Kier molecular flexibility index (Phi) is 4.85. The fourth-order valence-electron chi connectivity index (χ4n) is 1.88. The highest BCUT2D eigenvalue weighted by molar-refractivity contribution is 7.89. The minimum Gasteiger partial charge on any atom is -0.481 e. The number of aromatic nitrogens is 4. The third-order valence-corrected chi connectivity index (χ3v) is 3.38. The van der Waals surface area contributed by atoms with Gasteiger partial charge in [0.15, 0.2) is 15.7 Å². The first-order chi connectivity index (χ1) is 8.98. The summed E-state index contributed by atoms with van der Waals surface area (Å²) in [4.78, 5) is 11.3. The quantitative estimate of drug-likeness (QED) is 0.806. The Morgan fingerprint density at radius 1 is 1.40 bits per heavy atom. The molecule has 0 saturated carbocycles. The number of aliphatic carboxylic acids is 1. The number of nitrogens with zero attached hydrogens (tertiary/aromatic N) is 4. The standard InChI is InChI=1S/C11H20N4O4S/c1-11(2,3)5-8(10(16)17)6-15-9(12-13-14-15)7-20(4,18)19/h8H,5-7H2,1-4H3,(H,16,17). The van der Waals surface area contributed by atoms with Crippen molar-refractivity contribution in [1.29, 1.82) is 0 Å². The summed E-state index contributed by atoms with van der Waals surface area (Å²) in [6.07, 6.45) is 1.52. The molecular formula is C11H20N4O4S. The summed E-state index contributed by atoms with van der Waals surface area (Å²) in [5.41, 5.74) is -0.159. The van der Waals surface area contributed by atoms with Gasteiger partial charge in [-0.3, -0.25) is 4.79 Å². The Hall–Kier alpha value is -1.51.